The zero-order valence-corrected chi connectivity index (χ0v) is 12.6. The minimum atomic E-state index is -0.193. The molecule has 0 saturated heterocycles. The third kappa shape index (κ3) is 3.27. The second kappa shape index (κ2) is 6.18. The molecular weight excluding hydrogens is 276 g/mol. The minimum Gasteiger partial charge on any atom is -0.347 e. The molecule has 4 nitrogen and oxygen atoms in total. The maximum absolute atomic E-state index is 12.3. The van der Waals surface area contributed by atoms with Gasteiger partial charge in [0, 0.05) is 18.2 Å². The van der Waals surface area contributed by atoms with Gasteiger partial charge >= 0.3 is 0 Å². The Morgan fingerprint density at radius 1 is 1.23 bits per heavy atom. The smallest absolute Gasteiger partial charge is 0.250 e. The number of carbonyl (C=O) groups excluding carboxylic acids is 1. The summed E-state index contributed by atoms with van der Waals surface area (Å²) in [7, 11) is 0. The molecule has 114 valence electrons. The van der Waals surface area contributed by atoms with Gasteiger partial charge in [-0.1, -0.05) is 43.3 Å². The summed E-state index contributed by atoms with van der Waals surface area (Å²) in [5, 5.41) is 3.10. The lowest BCUT2D eigenvalue weighted by atomic mass is 10.1. The number of nitrogens with one attached hydrogen (secondary N) is 1. The largest absolute Gasteiger partial charge is 0.347 e. The minimum absolute atomic E-state index is 0.0579. The van der Waals surface area contributed by atoms with Crippen LogP contribution in [0.3, 0.4) is 0 Å². The lowest BCUT2D eigenvalue weighted by molar-refractivity contribution is -0.123. The first-order valence-corrected chi connectivity index (χ1v) is 7.66. The number of aromatic nitrogens is 1. The van der Waals surface area contributed by atoms with E-state index in [1.165, 1.54) is 6.07 Å². The lowest BCUT2D eigenvalue weighted by Crippen LogP contribution is -2.35. The molecule has 0 aliphatic heterocycles. The molecule has 0 spiro atoms. The highest BCUT2D eigenvalue weighted by atomic mass is 16.2. The van der Waals surface area contributed by atoms with Crippen LogP contribution >= 0.6 is 0 Å². The van der Waals surface area contributed by atoms with Crippen molar-refractivity contribution >= 4 is 5.91 Å². The molecular formula is C18H20N2O2. The molecule has 1 fully saturated rings. The summed E-state index contributed by atoms with van der Waals surface area (Å²) < 4.78 is 1.63. The normalized spacial score (nSPS) is 21.1. The van der Waals surface area contributed by atoms with E-state index in [0.717, 1.165) is 12.0 Å². The molecule has 3 rings (SSSR count). The van der Waals surface area contributed by atoms with Crippen LogP contribution in [0, 0.1) is 11.8 Å². The molecule has 3 atom stereocenters. The molecule has 1 N–H and O–H groups in total. The van der Waals surface area contributed by atoms with E-state index in [0.29, 0.717) is 12.5 Å². The average Bonchev–Trinajstić information content (AvgIpc) is 3.26. The van der Waals surface area contributed by atoms with Crippen LogP contribution in [0.4, 0.5) is 0 Å². The van der Waals surface area contributed by atoms with Crippen molar-refractivity contribution in [2.45, 2.75) is 25.9 Å². The number of rotatable bonds is 5. The number of hydrogen-bond acceptors (Lipinski definition) is 2. The fraction of sp³-hybridized carbons (Fsp3) is 0.333. The highest BCUT2D eigenvalue weighted by Gasteiger charge is 2.39. The summed E-state index contributed by atoms with van der Waals surface area (Å²) in [5.41, 5.74) is 0.956. The van der Waals surface area contributed by atoms with E-state index < -0.39 is 0 Å². The van der Waals surface area contributed by atoms with Gasteiger partial charge in [0.05, 0.1) is 12.6 Å². The van der Waals surface area contributed by atoms with Gasteiger partial charge in [-0.15, -0.1) is 0 Å². The quantitative estimate of drug-likeness (QED) is 0.921. The first-order chi connectivity index (χ1) is 10.6. The maximum Gasteiger partial charge on any atom is 0.250 e. The van der Waals surface area contributed by atoms with Crippen molar-refractivity contribution in [3.05, 3.63) is 70.6 Å². The summed E-state index contributed by atoms with van der Waals surface area (Å²) in [6.45, 7) is 2.53. The fourth-order valence-electron chi connectivity index (χ4n) is 2.69. The van der Waals surface area contributed by atoms with Gasteiger partial charge < -0.3 is 9.88 Å². The molecule has 1 aromatic carbocycles. The predicted molar refractivity (Wildman–Crippen MR) is 85.3 cm³/mol. The Bertz CT molecular complexity index is 708. The van der Waals surface area contributed by atoms with Gasteiger partial charge in [-0.05, 0) is 24.0 Å². The summed E-state index contributed by atoms with van der Waals surface area (Å²) in [5.74, 6) is 0.680. The van der Waals surface area contributed by atoms with Crippen LogP contribution in [0.1, 0.15) is 24.9 Å². The molecule has 1 saturated carbocycles. The number of pyridine rings is 1. The van der Waals surface area contributed by atoms with Crippen molar-refractivity contribution in [1.29, 1.82) is 0 Å². The molecule has 1 aliphatic rings. The highest BCUT2D eigenvalue weighted by molar-refractivity contribution is 5.81. The lowest BCUT2D eigenvalue weighted by Gasteiger charge is -2.20. The van der Waals surface area contributed by atoms with Crippen LogP contribution in [0.5, 0.6) is 0 Å². The van der Waals surface area contributed by atoms with Crippen molar-refractivity contribution in [3.63, 3.8) is 0 Å². The monoisotopic (exact) mass is 296 g/mol. The van der Waals surface area contributed by atoms with Gasteiger partial charge in [-0.2, -0.15) is 0 Å². The molecule has 22 heavy (non-hydrogen) atoms. The number of benzene rings is 1. The third-order valence-electron chi connectivity index (χ3n) is 4.24. The van der Waals surface area contributed by atoms with E-state index in [1.54, 1.807) is 16.8 Å². The van der Waals surface area contributed by atoms with E-state index in [2.05, 4.69) is 12.2 Å². The SMILES string of the molecule is CC1CC1C(=O)NC(Cn1ccccc1=O)c1ccccc1. The molecule has 1 amide bonds. The number of nitrogens with zero attached hydrogens (tertiary/aromatic N) is 1. The Kier molecular flexibility index (Phi) is 4.09. The number of amides is 1. The number of hydrogen-bond donors (Lipinski definition) is 1. The van der Waals surface area contributed by atoms with Gasteiger partial charge in [0.15, 0.2) is 0 Å². The molecule has 1 aliphatic carbocycles. The first-order valence-electron chi connectivity index (χ1n) is 7.66. The van der Waals surface area contributed by atoms with Crippen LogP contribution in [0.15, 0.2) is 59.5 Å². The Balaban J connectivity index is 1.81. The van der Waals surface area contributed by atoms with Crippen LogP contribution in [-0.2, 0) is 11.3 Å². The molecule has 0 radical (unpaired) electrons. The second-order valence-electron chi connectivity index (χ2n) is 5.98. The Morgan fingerprint density at radius 3 is 2.55 bits per heavy atom. The maximum atomic E-state index is 12.3. The van der Waals surface area contributed by atoms with Crippen molar-refractivity contribution in [3.8, 4) is 0 Å². The second-order valence-corrected chi connectivity index (χ2v) is 5.98. The topological polar surface area (TPSA) is 51.1 Å². The van der Waals surface area contributed by atoms with Crippen LogP contribution in [0.25, 0.3) is 0 Å². The van der Waals surface area contributed by atoms with Crippen LogP contribution < -0.4 is 10.9 Å². The molecule has 1 heterocycles. The fourth-order valence-corrected chi connectivity index (χ4v) is 2.69. The van der Waals surface area contributed by atoms with Crippen LogP contribution in [-0.4, -0.2) is 10.5 Å². The van der Waals surface area contributed by atoms with E-state index in [4.69, 9.17) is 0 Å². The van der Waals surface area contributed by atoms with Gasteiger partial charge in [-0.25, -0.2) is 0 Å². The van der Waals surface area contributed by atoms with Gasteiger partial charge in [-0.3, -0.25) is 9.59 Å². The van der Waals surface area contributed by atoms with Gasteiger partial charge in [0.25, 0.3) is 5.56 Å². The molecule has 0 bridgehead atoms. The Labute approximate surface area is 129 Å². The van der Waals surface area contributed by atoms with Gasteiger partial charge in [0.2, 0.25) is 5.91 Å². The Hall–Kier alpha value is -2.36. The summed E-state index contributed by atoms with van der Waals surface area (Å²) in [6, 6.07) is 14.7. The molecule has 3 unspecified atom stereocenters. The van der Waals surface area contributed by atoms with Crippen molar-refractivity contribution in [2.24, 2.45) is 11.8 Å². The molecule has 2 aromatic rings. The van der Waals surface area contributed by atoms with Gasteiger partial charge in [0.1, 0.15) is 0 Å². The zero-order valence-electron chi connectivity index (χ0n) is 12.6. The summed E-state index contributed by atoms with van der Waals surface area (Å²) >= 11 is 0. The molecule has 1 aromatic heterocycles. The third-order valence-corrected chi connectivity index (χ3v) is 4.24. The summed E-state index contributed by atoms with van der Waals surface area (Å²) in [6.07, 6.45) is 2.71. The van der Waals surface area contributed by atoms with E-state index >= 15 is 0 Å². The summed E-state index contributed by atoms with van der Waals surface area (Å²) in [4.78, 5) is 24.2. The first kappa shape index (κ1) is 14.6. The van der Waals surface area contributed by atoms with E-state index in [-0.39, 0.29) is 23.4 Å². The highest BCUT2D eigenvalue weighted by Crippen LogP contribution is 2.38. The number of carbonyl (C=O) groups is 1. The van der Waals surface area contributed by atoms with Crippen molar-refractivity contribution in [2.75, 3.05) is 0 Å². The van der Waals surface area contributed by atoms with Crippen molar-refractivity contribution in [1.82, 2.24) is 9.88 Å². The molecule has 4 heteroatoms. The predicted octanol–water partition coefficient (Wildman–Crippen LogP) is 2.36. The van der Waals surface area contributed by atoms with E-state index in [1.807, 2.05) is 36.4 Å². The Morgan fingerprint density at radius 2 is 1.91 bits per heavy atom. The van der Waals surface area contributed by atoms with Crippen molar-refractivity contribution < 1.29 is 4.79 Å². The van der Waals surface area contributed by atoms with Crippen LogP contribution in [0.2, 0.25) is 0 Å². The average molecular weight is 296 g/mol. The van der Waals surface area contributed by atoms with E-state index in [9.17, 15) is 9.59 Å². The standard InChI is InChI=1S/C18H20N2O2/c1-13-11-15(13)18(22)19-16(14-7-3-2-4-8-14)12-20-10-6-5-9-17(20)21/h2-10,13,15-16H,11-12H2,1H3,(H,19,22). The zero-order chi connectivity index (χ0) is 15.5.